The molecule has 0 saturated heterocycles. The molecule has 1 aliphatic carbocycles. The van der Waals surface area contributed by atoms with Gasteiger partial charge in [-0.2, -0.15) is 0 Å². The van der Waals surface area contributed by atoms with Crippen molar-refractivity contribution in [3.8, 4) is 0 Å². The zero-order valence-electron chi connectivity index (χ0n) is 8.76. The maximum atomic E-state index is 8.80. The number of aliphatic hydroxyl groups is 1. The van der Waals surface area contributed by atoms with E-state index in [2.05, 4.69) is 30.3 Å². The molecule has 1 saturated carbocycles. The number of hydrogen-bond donors (Lipinski definition) is 1. The van der Waals surface area contributed by atoms with Crippen LogP contribution in [0.15, 0.2) is 48.2 Å². The number of allylic oxidation sites excluding steroid dienone is 2. The van der Waals surface area contributed by atoms with E-state index in [4.69, 9.17) is 5.11 Å². The Kier molecular flexibility index (Phi) is 3.23. The van der Waals surface area contributed by atoms with Crippen molar-refractivity contribution in [3.63, 3.8) is 0 Å². The average Bonchev–Trinajstić information content (AvgIpc) is 2.68. The Hall–Kier alpha value is -1.50. The molecule has 1 unspecified atom stereocenters. The van der Waals surface area contributed by atoms with E-state index in [1.165, 1.54) is 23.8 Å². The Morgan fingerprint density at radius 2 is 2.00 bits per heavy atom. The van der Waals surface area contributed by atoms with Gasteiger partial charge in [0, 0.05) is 5.92 Å². The summed E-state index contributed by atoms with van der Waals surface area (Å²) in [5, 5.41) is 8.80. The first-order valence-corrected chi connectivity index (χ1v) is 5.46. The van der Waals surface area contributed by atoms with Crippen LogP contribution in [0.1, 0.15) is 24.8 Å². The van der Waals surface area contributed by atoms with Crippen LogP contribution in [0.5, 0.6) is 0 Å². The van der Waals surface area contributed by atoms with Crippen LogP contribution in [-0.2, 0) is 0 Å². The standard InChI is InChI=1S/C14H16O/c15-10-9-13-7-4-8-14(13)11-12-5-2-1-3-6-12/h1-3,5-6,9-11,13,15H,4,7-8H2/b10-9+,14-11-. The number of benzene rings is 1. The monoisotopic (exact) mass is 200 g/mol. The second kappa shape index (κ2) is 4.83. The molecule has 78 valence electrons. The van der Waals surface area contributed by atoms with Crippen LogP contribution in [0, 0.1) is 5.92 Å². The van der Waals surface area contributed by atoms with Crippen molar-refractivity contribution in [3.05, 3.63) is 53.8 Å². The largest absolute Gasteiger partial charge is 0.516 e. The van der Waals surface area contributed by atoms with Gasteiger partial charge in [0.25, 0.3) is 0 Å². The zero-order valence-corrected chi connectivity index (χ0v) is 8.76. The van der Waals surface area contributed by atoms with E-state index in [1.807, 2.05) is 12.1 Å². The first-order valence-electron chi connectivity index (χ1n) is 5.46. The van der Waals surface area contributed by atoms with Gasteiger partial charge in [0.15, 0.2) is 0 Å². The summed E-state index contributed by atoms with van der Waals surface area (Å²) in [7, 11) is 0. The predicted molar refractivity (Wildman–Crippen MR) is 63.5 cm³/mol. The second-order valence-corrected chi connectivity index (χ2v) is 3.97. The van der Waals surface area contributed by atoms with E-state index in [9.17, 15) is 0 Å². The van der Waals surface area contributed by atoms with Gasteiger partial charge in [0.05, 0.1) is 6.26 Å². The van der Waals surface area contributed by atoms with Gasteiger partial charge < -0.3 is 5.11 Å². The first-order chi connectivity index (χ1) is 7.40. The van der Waals surface area contributed by atoms with Gasteiger partial charge in [-0.1, -0.05) is 42.0 Å². The highest BCUT2D eigenvalue weighted by Gasteiger charge is 2.17. The molecule has 2 rings (SSSR count). The van der Waals surface area contributed by atoms with Crippen molar-refractivity contribution in [2.24, 2.45) is 5.92 Å². The Morgan fingerprint density at radius 3 is 2.73 bits per heavy atom. The smallest absolute Gasteiger partial charge is 0.0757 e. The molecule has 0 amide bonds. The molecule has 0 spiro atoms. The van der Waals surface area contributed by atoms with Crippen LogP contribution in [0.25, 0.3) is 6.08 Å². The predicted octanol–water partition coefficient (Wildman–Crippen LogP) is 3.94. The summed E-state index contributed by atoms with van der Waals surface area (Å²) in [6, 6.07) is 10.4. The first kappa shape index (κ1) is 10.0. The SMILES string of the molecule is O/C=C/C1CCC/C1=C/c1ccccc1. The second-order valence-electron chi connectivity index (χ2n) is 3.97. The molecule has 1 aliphatic rings. The fraction of sp³-hybridized carbons (Fsp3) is 0.286. The van der Waals surface area contributed by atoms with Crippen LogP contribution < -0.4 is 0 Å². The zero-order chi connectivity index (χ0) is 10.5. The van der Waals surface area contributed by atoms with Gasteiger partial charge in [-0.25, -0.2) is 0 Å². The number of aliphatic hydroxyl groups excluding tert-OH is 1. The molecule has 1 fully saturated rings. The van der Waals surface area contributed by atoms with E-state index in [1.54, 1.807) is 0 Å². The lowest BCUT2D eigenvalue weighted by Gasteiger charge is -2.05. The Morgan fingerprint density at radius 1 is 1.20 bits per heavy atom. The van der Waals surface area contributed by atoms with E-state index >= 15 is 0 Å². The van der Waals surface area contributed by atoms with E-state index in [0.29, 0.717) is 5.92 Å². The molecule has 0 bridgehead atoms. The van der Waals surface area contributed by atoms with Crippen molar-refractivity contribution in [2.75, 3.05) is 0 Å². The molecule has 1 heteroatoms. The van der Waals surface area contributed by atoms with Crippen molar-refractivity contribution in [1.29, 1.82) is 0 Å². The summed E-state index contributed by atoms with van der Waals surface area (Å²) in [5.41, 5.74) is 2.69. The molecular formula is C14H16O. The molecule has 1 atom stereocenters. The van der Waals surface area contributed by atoms with Crippen LogP contribution in [-0.4, -0.2) is 5.11 Å². The van der Waals surface area contributed by atoms with Crippen molar-refractivity contribution >= 4 is 6.08 Å². The molecule has 0 radical (unpaired) electrons. The molecule has 0 aliphatic heterocycles. The van der Waals surface area contributed by atoms with Gasteiger partial charge in [-0.15, -0.1) is 0 Å². The molecule has 1 aromatic carbocycles. The van der Waals surface area contributed by atoms with Gasteiger partial charge in [0.2, 0.25) is 0 Å². The lowest BCUT2D eigenvalue weighted by atomic mass is 10.0. The lowest BCUT2D eigenvalue weighted by Crippen LogP contribution is -1.91. The average molecular weight is 200 g/mol. The van der Waals surface area contributed by atoms with E-state index in [0.717, 1.165) is 12.8 Å². The van der Waals surface area contributed by atoms with E-state index in [-0.39, 0.29) is 0 Å². The normalized spacial score (nSPS) is 24.0. The highest BCUT2D eigenvalue weighted by atomic mass is 16.2. The molecule has 0 heterocycles. The highest BCUT2D eigenvalue weighted by Crippen LogP contribution is 2.33. The molecular weight excluding hydrogens is 184 g/mol. The topological polar surface area (TPSA) is 20.2 Å². The summed E-state index contributed by atoms with van der Waals surface area (Å²) in [6.45, 7) is 0. The minimum Gasteiger partial charge on any atom is -0.516 e. The third kappa shape index (κ3) is 2.50. The maximum Gasteiger partial charge on any atom is 0.0757 e. The summed E-state index contributed by atoms with van der Waals surface area (Å²) >= 11 is 0. The van der Waals surface area contributed by atoms with Crippen LogP contribution >= 0.6 is 0 Å². The molecule has 0 aromatic heterocycles. The third-order valence-corrected chi connectivity index (χ3v) is 2.93. The Labute approximate surface area is 90.8 Å². The molecule has 1 nitrogen and oxygen atoms in total. The summed E-state index contributed by atoms with van der Waals surface area (Å²) in [5.74, 6) is 0.440. The number of rotatable bonds is 2. The quantitative estimate of drug-likeness (QED) is 0.717. The Bertz CT molecular complexity index is 362. The minimum absolute atomic E-state index is 0.440. The van der Waals surface area contributed by atoms with Gasteiger partial charge >= 0.3 is 0 Å². The summed E-state index contributed by atoms with van der Waals surface area (Å²) < 4.78 is 0. The van der Waals surface area contributed by atoms with Gasteiger partial charge in [-0.3, -0.25) is 0 Å². The fourth-order valence-corrected chi connectivity index (χ4v) is 2.16. The number of hydrogen-bond acceptors (Lipinski definition) is 1. The van der Waals surface area contributed by atoms with E-state index < -0.39 is 0 Å². The fourth-order valence-electron chi connectivity index (χ4n) is 2.16. The van der Waals surface area contributed by atoms with Crippen molar-refractivity contribution in [1.82, 2.24) is 0 Å². The molecule has 1 aromatic rings. The molecule has 15 heavy (non-hydrogen) atoms. The summed E-state index contributed by atoms with van der Waals surface area (Å²) in [4.78, 5) is 0. The van der Waals surface area contributed by atoms with Gasteiger partial charge in [0.1, 0.15) is 0 Å². The van der Waals surface area contributed by atoms with Gasteiger partial charge in [-0.05, 0) is 30.9 Å². The van der Waals surface area contributed by atoms with Crippen molar-refractivity contribution < 1.29 is 5.11 Å². The van der Waals surface area contributed by atoms with Crippen LogP contribution in [0.3, 0.4) is 0 Å². The third-order valence-electron chi connectivity index (χ3n) is 2.93. The minimum atomic E-state index is 0.440. The Balaban J connectivity index is 2.19. The van der Waals surface area contributed by atoms with Crippen LogP contribution in [0.4, 0.5) is 0 Å². The van der Waals surface area contributed by atoms with Crippen molar-refractivity contribution in [2.45, 2.75) is 19.3 Å². The highest BCUT2D eigenvalue weighted by molar-refractivity contribution is 5.54. The van der Waals surface area contributed by atoms with Crippen LogP contribution in [0.2, 0.25) is 0 Å². The maximum absolute atomic E-state index is 8.80. The lowest BCUT2D eigenvalue weighted by molar-refractivity contribution is 0.467. The molecule has 1 N–H and O–H groups in total. The summed E-state index contributed by atoms with van der Waals surface area (Å²) in [6.07, 6.45) is 8.86.